The fourth-order valence-corrected chi connectivity index (χ4v) is 2.64. The molecule has 1 N–H and O–H groups in total. The number of ether oxygens (including phenoxy) is 1. The lowest BCUT2D eigenvalue weighted by Gasteiger charge is -2.15. The van der Waals surface area contributed by atoms with Crippen LogP contribution in [-0.2, 0) is 14.3 Å². The van der Waals surface area contributed by atoms with Crippen LogP contribution in [0.15, 0.2) is 41.8 Å². The summed E-state index contributed by atoms with van der Waals surface area (Å²) >= 11 is 1.26. The SMILES string of the molecule is C=CCNC(=O)[C@H](C)OC(=O)c1ccccc1SCC(=O)N(C)C. The summed E-state index contributed by atoms with van der Waals surface area (Å²) in [4.78, 5) is 37.9. The normalized spacial score (nSPS) is 11.3. The van der Waals surface area contributed by atoms with E-state index in [1.165, 1.54) is 23.6 Å². The molecule has 130 valence electrons. The lowest BCUT2D eigenvalue weighted by atomic mass is 10.2. The first-order chi connectivity index (χ1) is 11.4. The van der Waals surface area contributed by atoms with Gasteiger partial charge in [0, 0.05) is 25.5 Å². The molecule has 6 nitrogen and oxygen atoms in total. The average Bonchev–Trinajstić information content (AvgIpc) is 2.57. The van der Waals surface area contributed by atoms with Crippen LogP contribution in [0.25, 0.3) is 0 Å². The first-order valence-corrected chi connectivity index (χ1v) is 8.37. The predicted octanol–water partition coefficient (Wildman–Crippen LogP) is 1.71. The molecule has 1 aromatic rings. The maximum absolute atomic E-state index is 12.3. The quantitative estimate of drug-likeness (QED) is 0.439. The second-order valence-corrected chi connectivity index (χ2v) is 6.17. The van der Waals surface area contributed by atoms with Crippen molar-refractivity contribution >= 4 is 29.5 Å². The molecule has 7 heteroatoms. The van der Waals surface area contributed by atoms with E-state index >= 15 is 0 Å². The van der Waals surface area contributed by atoms with Crippen molar-refractivity contribution in [1.82, 2.24) is 10.2 Å². The molecule has 24 heavy (non-hydrogen) atoms. The van der Waals surface area contributed by atoms with Crippen LogP contribution in [0.3, 0.4) is 0 Å². The van der Waals surface area contributed by atoms with Crippen molar-refractivity contribution in [2.75, 3.05) is 26.4 Å². The lowest BCUT2D eigenvalue weighted by Crippen LogP contribution is -2.35. The molecule has 0 bridgehead atoms. The number of thioether (sulfide) groups is 1. The number of esters is 1. The van der Waals surface area contributed by atoms with Crippen molar-refractivity contribution in [3.8, 4) is 0 Å². The van der Waals surface area contributed by atoms with E-state index in [-0.39, 0.29) is 11.7 Å². The predicted molar refractivity (Wildman–Crippen MR) is 93.9 cm³/mol. The van der Waals surface area contributed by atoms with E-state index in [9.17, 15) is 14.4 Å². The van der Waals surface area contributed by atoms with Crippen LogP contribution in [0.1, 0.15) is 17.3 Å². The van der Waals surface area contributed by atoms with Gasteiger partial charge in [0.05, 0.1) is 11.3 Å². The van der Waals surface area contributed by atoms with Gasteiger partial charge in [-0.15, -0.1) is 18.3 Å². The van der Waals surface area contributed by atoms with Gasteiger partial charge in [-0.3, -0.25) is 9.59 Å². The summed E-state index contributed by atoms with van der Waals surface area (Å²) in [6.07, 6.45) is 0.624. The molecular formula is C17H22N2O4S. The van der Waals surface area contributed by atoms with E-state index in [0.717, 1.165) is 0 Å². The molecule has 2 amide bonds. The largest absolute Gasteiger partial charge is 0.449 e. The maximum Gasteiger partial charge on any atom is 0.340 e. The Balaban J connectivity index is 2.75. The first kappa shape index (κ1) is 19.8. The minimum atomic E-state index is -0.918. The van der Waals surface area contributed by atoms with Crippen LogP contribution in [-0.4, -0.2) is 55.2 Å². The number of benzene rings is 1. The number of rotatable bonds is 8. The summed E-state index contributed by atoms with van der Waals surface area (Å²) in [6, 6.07) is 6.84. The lowest BCUT2D eigenvalue weighted by molar-refractivity contribution is -0.128. The van der Waals surface area contributed by atoms with E-state index in [4.69, 9.17) is 4.74 Å². The number of nitrogens with one attached hydrogen (secondary N) is 1. The molecule has 0 heterocycles. The highest BCUT2D eigenvalue weighted by atomic mass is 32.2. The summed E-state index contributed by atoms with van der Waals surface area (Å²) in [6.45, 7) is 5.31. The summed E-state index contributed by atoms with van der Waals surface area (Å²) in [5.41, 5.74) is 0.331. The van der Waals surface area contributed by atoms with Gasteiger partial charge < -0.3 is 15.0 Å². The zero-order chi connectivity index (χ0) is 18.1. The molecule has 0 aliphatic rings. The topological polar surface area (TPSA) is 75.7 Å². The smallest absolute Gasteiger partial charge is 0.340 e. The molecule has 0 saturated carbocycles. The van der Waals surface area contributed by atoms with Gasteiger partial charge in [0.25, 0.3) is 5.91 Å². The molecule has 0 aromatic heterocycles. The number of hydrogen-bond acceptors (Lipinski definition) is 5. The number of amides is 2. The Morgan fingerprint density at radius 3 is 2.62 bits per heavy atom. The highest BCUT2D eigenvalue weighted by molar-refractivity contribution is 8.00. The van der Waals surface area contributed by atoms with Crippen molar-refractivity contribution in [3.63, 3.8) is 0 Å². The van der Waals surface area contributed by atoms with Gasteiger partial charge in [-0.25, -0.2) is 4.79 Å². The van der Waals surface area contributed by atoms with Crippen molar-refractivity contribution in [3.05, 3.63) is 42.5 Å². The summed E-state index contributed by atoms with van der Waals surface area (Å²) in [7, 11) is 3.35. The fraction of sp³-hybridized carbons (Fsp3) is 0.353. The first-order valence-electron chi connectivity index (χ1n) is 7.38. The van der Waals surface area contributed by atoms with Gasteiger partial charge in [-0.05, 0) is 19.1 Å². The van der Waals surface area contributed by atoms with Crippen LogP contribution < -0.4 is 5.32 Å². The van der Waals surface area contributed by atoms with E-state index in [0.29, 0.717) is 17.0 Å². The summed E-state index contributed by atoms with van der Waals surface area (Å²) < 4.78 is 5.20. The van der Waals surface area contributed by atoms with Gasteiger partial charge in [-0.1, -0.05) is 18.2 Å². The van der Waals surface area contributed by atoms with Crippen LogP contribution in [0.4, 0.5) is 0 Å². The zero-order valence-corrected chi connectivity index (χ0v) is 14.9. The van der Waals surface area contributed by atoms with E-state index in [2.05, 4.69) is 11.9 Å². The Bertz CT molecular complexity index is 616. The Kier molecular flexibility index (Phi) is 8.05. The zero-order valence-electron chi connectivity index (χ0n) is 14.1. The average molecular weight is 350 g/mol. The molecule has 1 atom stereocenters. The number of nitrogens with zero attached hydrogens (tertiary/aromatic N) is 1. The number of carbonyl (C=O) groups is 3. The standard InChI is InChI=1S/C17H22N2O4S/c1-5-10-18-16(21)12(2)23-17(22)13-8-6-7-9-14(13)24-11-15(20)19(3)4/h5-9,12H,1,10-11H2,2-4H3,(H,18,21)/t12-/m0/s1. The minimum Gasteiger partial charge on any atom is -0.449 e. The molecule has 0 fully saturated rings. The Labute approximate surface area is 146 Å². The van der Waals surface area contributed by atoms with Crippen LogP contribution in [0.2, 0.25) is 0 Å². The number of carbonyl (C=O) groups excluding carboxylic acids is 3. The van der Waals surface area contributed by atoms with Gasteiger partial charge >= 0.3 is 5.97 Å². The molecule has 0 aliphatic heterocycles. The van der Waals surface area contributed by atoms with Crippen LogP contribution >= 0.6 is 11.8 Å². The van der Waals surface area contributed by atoms with E-state index in [1.54, 1.807) is 44.4 Å². The van der Waals surface area contributed by atoms with Gasteiger partial charge in [-0.2, -0.15) is 0 Å². The summed E-state index contributed by atoms with van der Waals surface area (Å²) in [5, 5.41) is 2.57. The molecular weight excluding hydrogens is 328 g/mol. The van der Waals surface area contributed by atoms with Crippen LogP contribution in [0.5, 0.6) is 0 Å². The van der Waals surface area contributed by atoms with Gasteiger partial charge in [0.2, 0.25) is 5.91 Å². The van der Waals surface area contributed by atoms with Gasteiger partial charge in [0.1, 0.15) is 0 Å². The fourth-order valence-electron chi connectivity index (χ4n) is 1.62. The van der Waals surface area contributed by atoms with E-state index in [1.807, 2.05) is 0 Å². The highest BCUT2D eigenvalue weighted by Gasteiger charge is 2.20. The third kappa shape index (κ3) is 6.08. The molecule has 0 unspecified atom stereocenters. The Hall–Kier alpha value is -2.28. The molecule has 0 aliphatic carbocycles. The molecule has 1 aromatic carbocycles. The van der Waals surface area contributed by atoms with Crippen molar-refractivity contribution in [2.45, 2.75) is 17.9 Å². The molecule has 0 saturated heterocycles. The summed E-state index contributed by atoms with van der Waals surface area (Å²) in [5.74, 6) is -0.833. The highest BCUT2D eigenvalue weighted by Crippen LogP contribution is 2.24. The molecule has 0 spiro atoms. The number of hydrogen-bond donors (Lipinski definition) is 1. The second kappa shape index (κ2) is 9.77. The molecule has 0 radical (unpaired) electrons. The van der Waals surface area contributed by atoms with Gasteiger partial charge in [0.15, 0.2) is 6.10 Å². The second-order valence-electron chi connectivity index (χ2n) is 5.15. The van der Waals surface area contributed by atoms with Crippen molar-refractivity contribution in [1.29, 1.82) is 0 Å². The minimum absolute atomic E-state index is 0.0552. The Morgan fingerprint density at radius 2 is 2.00 bits per heavy atom. The van der Waals surface area contributed by atoms with Crippen LogP contribution in [0, 0.1) is 0 Å². The third-order valence-electron chi connectivity index (χ3n) is 3.03. The van der Waals surface area contributed by atoms with E-state index < -0.39 is 18.0 Å². The van der Waals surface area contributed by atoms with Crippen molar-refractivity contribution in [2.24, 2.45) is 0 Å². The monoisotopic (exact) mass is 350 g/mol. The molecule has 1 rings (SSSR count). The van der Waals surface area contributed by atoms with Crippen molar-refractivity contribution < 1.29 is 19.1 Å². The third-order valence-corrected chi connectivity index (χ3v) is 4.09. The Morgan fingerprint density at radius 1 is 1.33 bits per heavy atom. The maximum atomic E-state index is 12.3.